The van der Waals surface area contributed by atoms with Crippen LogP contribution >= 0.6 is 34.5 Å². The molecule has 0 unspecified atom stereocenters. The molecule has 0 spiro atoms. The molecule has 0 amide bonds. The zero-order valence-electron chi connectivity index (χ0n) is 13.4. The predicted octanol–water partition coefficient (Wildman–Crippen LogP) is 6.59. The molecule has 1 heterocycles. The molecule has 1 nitrogen and oxygen atoms in total. The number of benzene rings is 1. The molecule has 0 saturated heterocycles. The van der Waals surface area contributed by atoms with Crippen molar-refractivity contribution in [2.45, 2.75) is 32.1 Å². The fourth-order valence-electron chi connectivity index (χ4n) is 3.00. The van der Waals surface area contributed by atoms with Crippen molar-refractivity contribution in [1.82, 2.24) is 0 Å². The van der Waals surface area contributed by atoms with Crippen LogP contribution in [0.5, 0.6) is 5.75 Å². The van der Waals surface area contributed by atoms with Gasteiger partial charge in [-0.3, -0.25) is 0 Å². The molecule has 1 aromatic heterocycles. The molecule has 1 aromatic carbocycles. The molecule has 3 rings (SSSR count). The van der Waals surface area contributed by atoms with Gasteiger partial charge in [0.2, 0.25) is 0 Å². The molecule has 0 bridgehead atoms. The van der Waals surface area contributed by atoms with Crippen LogP contribution in [0.15, 0.2) is 42.0 Å². The van der Waals surface area contributed by atoms with Crippen LogP contribution in [0.2, 0.25) is 10.0 Å². The Bertz CT molecular complexity index is 650. The second kappa shape index (κ2) is 10.3. The number of aryl methyl sites for hydroxylation is 1. The third kappa shape index (κ3) is 6.14. The van der Waals surface area contributed by atoms with E-state index in [0.717, 1.165) is 25.0 Å². The molecule has 1 radical (unpaired) electrons. The summed E-state index contributed by atoms with van der Waals surface area (Å²) in [7, 11) is 0. The third-order valence-corrected chi connectivity index (χ3v) is 5.44. The van der Waals surface area contributed by atoms with Crippen LogP contribution in [0.3, 0.4) is 0 Å². The maximum atomic E-state index is 6.01. The van der Waals surface area contributed by atoms with Crippen LogP contribution in [0.25, 0.3) is 0 Å². The van der Waals surface area contributed by atoms with E-state index in [9.17, 15) is 0 Å². The van der Waals surface area contributed by atoms with Crippen molar-refractivity contribution < 1.29 is 37.4 Å². The van der Waals surface area contributed by atoms with Crippen LogP contribution in [-0.2, 0) is 39.1 Å². The van der Waals surface area contributed by atoms with Gasteiger partial charge in [0, 0.05) is 48.7 Å². The van der Waals surface area contributed by atoms with Crippen molar-refractivity contribution >= 4 is 34.5 Å². The van der Waals surface area contributed by atoms with Gasteiger partial charge in [-0.05, 0) is 37.5 Å². The maximum Gasteiger partial charge on any atom is 0.122 e. The van der Waals surface area contributed by atoms with Crippen molar-refractivity contribution in [3.05, 3.63) is 62.3 Å². The molecule has 0 fully saturated rings. The molecule has 5 heteroatoms. The topological polar surface area (TPSA) is 9.23 Å². The van der Waals surface area contributed by atoms with Crippen molar-refractivity contribution in [1.29, 1.82) is 0 Å². The minimum absolute atomic E-state index is 0. The minimum Gasteiger partial charge on any atom is -0.493 e. The van der Waals surface area contributed by atoms with E-state index in [1.54, 1.807) is 23.0 Å². The Morgan fingerprint density at radius 3 is 2.67 bits per heavy atom. The summed E-state index contributed by atoms with van der Waals surface area (Å²) in [5.41, 5.74) is 1.54. The Kier molecular flexibility index (Phi) is 8.81. The van der Waals surface area contributed by atoms with E-state index in [2.05, 4.69) is 17.5 Å². The van der Waals surface area contributed by atoms with Gasteiger partial charge >= 0.3 is 0 Å². The van der Waals surface area contributed by atoms with Crippen molar-refractivity contribution in [3.8, 4) is 5.75 Å². The van der Waals surface area contributed by atoms with Gasteiger partial charge in [0.05, 0.1) is 6.61 Å². The van der Waals surface area contributed by atoms with Crippen LogP contribution < -0.4 is 4.74 Å². The molecule has 24 heavy (non-hydrogen) atoms. The Morgan fingerprint density at radius 1 is 1.17 bits per heavy atom. The van der Waals surface area contributed by atoms with E-state index in [1.807, 2.05) is 18.2 Å². The van der Waals surface area contributed by atoms with Gasteiger partial charge in [0.15, 0.2) is 0 Å². The first-order chi connectivity index (χ1) is 11.2. The van der Waals surface area contributed by atoms with E-state index in [1.165, 1.54) is 17.7 Å². The normalized spacial score (nSPS) is 16.6. The fraction of sp³-hybridized carbons (Fsp3) is 0.368. The van der Waals surface area contributed by atoms with E-state index >= 15 is 0 Å². The summed E-state index contributed by atoms with van der Waals surface area (Å²) in [6, 6.07) is 9.52. The van der Waals surface area contributed by atoms with Gasteiger partial charge in [0.25, 0.3) is 0 Å². The van der Waals surface area contributed by atoms with Gasteiger partial charge in [-0.15, -0.1) is 10.3 Å². The molecule has 0 saturated carbocycles. The van der Waals surface area contributed by atoms with Crippen molar-refractivity contribution in [2.75, 3.05) is 6.61 Å². The number of allylic oxidation sites excluding steroid dienone is 1. The molecule has 2 aromatic rings. The monoisotopic (exact) mass is 454 g/mol. The molecule has 0 aliphatic heterocycles. The SMILES string of the molecule is Clc1cc(Cl)cc(OC[C@H]2CCC=C2CCCc2cc[c-]s2)c1.[Y]. The first-order valence-electron chi connectivity index (χ1n) is 7.93. The molecule has 1 aliphatic carbocycles. The van der Waals surface area contributed by atoms with Gasteiger partial charge in [-0.25, -0.2) is 6.07 Å². The molecular weight excluding hydrogens is 436 g/mol. The largest absolute Gasteiger partial charge is 0.493 e. The van der Waals surface area contributed by atoms with E-state index in [-0.39, 0.29) is 32.7 Å². The zero-order valence-corrected chi connectivity index (χ0v) is 18.6. The van der Waals surface area contributed by atoms with E-state index in [0.29, 0.717) is 22.6 Å². The smallest absolute Gasteiger partial charge is 0.122 e. The van der Waals surface area contributed by atoms with E-state index < -0.39 is 0 Å². The van der Waals surface area contributed by atoms with Crippen LogP contribution in [0.1, 0.15) is 30.6 Å². The Labute approximate surface area is 183 Å². The predicted molar refractivity (Wildman–Crippen MR) is 98.9 cm³/mol. The number of hydrogen-bond donors (Lipinski definition) is 0. The number of thiophene rings is 1. The summed E-state index contributed by atoms with van der Waals surface area (Å²) in [6.07, 6.45) is 8.22. The third-order valence-electron chi connectivity index (χ3n) is 4.15. The molecule has 1 atom stereocenters. The first kappa shape index (κ1) is 20.5. The van der Waals surface area contributed by atoms with Gasteiger partial charge < -0.3 is 16.1 Å². The molecular formula is C19H19Cl2OSY-. The van der Waals surface area contributed by atoms with E-state index in [4.69, 9.17) is 27.9 Å². The maximum absolute atomic E-state index is 6.01. The molecule has 0 N–H and O–H groups in total. The summed E-state index contributed by atoms with van der Waals surface area (Å²) in [5.74, 6) is 1.27. The number of hydrogen-bond acceptors (Lipinski definition) is 2. The van der Waals surface area contributed by atoms with Crippen LogP contribution in [0, 0.1) is 11.3 Å². The van der Waals surface area contributed by atoms with Crippen LogP contribution in [0.4, 0.5) is 0 Å². The average molecular weight is 455 g/mol. The van der Waals surface area contributed by atoms with Crippen molar-refractivity contribution in [2.24, 2.45) is 5.92 Å². The van der Waals surface area contributed by atoms with Gasteiger partial charge in [-0.1, -0.05) is 47.7 Å². The van der Waals surface area contributed by atoms with Gasteiger partial charge in [-0.2, -0.15) is 6.07 Å². The Hall–Kier alpha value is 0.144. The molecule has 1 aliphatic rings. The fourth-order valence-corrected chi connectivity index (χ4v) is 4.17. The summed E-state index contributed by atoms with van der Waals surface area (Å²) in [5, 5.41) is 4.38. The summed E-state index contributed by atoms with van der Waals surface area (Å²) >= 11 is 13.8. The number of rotatable bonds is 7. The Morgan fingerprint density at radius 2 is 1.96 bits per heavy atom. The summed E-state index contributed by atoms with van der Waals surface area (Å²) in [6.45, 7) is 0.704. The second-order valence-corrected chi connectivity index (χ2v) is 7.68. The molecule has 125 valence electrons. The standard InChI is InChI=1S/C19H19Cl2OS.Y/c20-16-10-17(21)12-18(11-16)22-13-15-6-1-4-14(15)5-2-7-19-8-3-9-23-19;/h3-4,8,10-12,15H,1-2,5-7,13H2;/q-1;/t15-;/m1./s1. The number of ether oxygens (including phenoxy) is 1. The first-order valence-corrected chi connectivity index (χ1v) is 9.50. The Balaban J connectivity index is 0.00000208. The van der Waals surface area contributed by atoms with Crippen molar-refractivity contribution in [3.63, 3.8) is 0 Å². The van der Waals surface area contributed by atoms with Crippen LogP contribution in [-0.4, -0.2) is 6.61 Å². The minimum atomic E-state index is 0. The average Bonchev–Trinajstić information content (AvgIpc) is 3.16. The quantitative estimate of drug-likeness (QED) is 0.338. The summed E-state index contributed by atoms with van der Waals surface area (Å²) < 4.78 is 5.92. The number of halogens is 2. The summed E-state index contributed by atoms with van der Waals surface area (Å²) in [4.78, 5) is 1.42. The second-order valence-electron chi connectivity index (χ2n) is 5.84. The van der Waals surface area contributed by atoms with Gasteiger partial charge in [0.1, 0.15) is 5.75 Å². The zero-order chi connectivity index (χ0) is 16.1.